The number of fused-ring (bicyclic) bond motifs is 6. The van der Waals surface area contributed by atoms with Crippen LogP contribution in [0.5, 0.6) is 0 Å². The lowest BCUT2D eigenvalue weighted by Crippen LogP contribution is -2.53. The molecule has 3 aromatic rings. The topological polar surface area (TPSA) is 69.9 Å². The summed E-state index contributed by atoms with van der Waals surface area (Å²) in [4.78, 5) is 31.1. The minimum Gasteiger partial charge on any atom is -0.356 e. The molecular weight excluding hydrogens is 404 g/mol. The first-order valence-corrected chi connectivity index (χ1v) is 11.1. The molecule has 0 N–H and O–H groups in total. The maximum atomic E-state index is 13.1. The molecule has 1 amide bonds. The molecule has 0 spiro atoms. The Morgan fingerprint density at radius 3 is 2.47 bits per heavy atom. The van der Waals surface area contributed by atoms with Crippen LogP contribution in [0.1, 0.15) is 12.0 Å². The number of piperazine rings is 1. The number of benzene rings is 3. The highest BCUT2D eigenvalue weighted by Gasteiger charge is 2.55. The number of hydrogen-bond acceptors (Lipinski definition) is 5. The fourth-order valence-electron chi connectivity index (χ4n) is 5.90. The van der Waals surface area contributed by atoms with Gasteiger partial charge in [-0.05, 0) is 24.1 Å². The zero-order chi connectivity index (χ0) is 21.8. The summed E-state index contributed by atoms with van der Waals surface area (Å²) in [6.45, 7) is 2.42. The van der Waals surface area contributed by atoms with Crippen molar-refractivity contribution in [2.75, 3.05) is 24.7 Å². The van der Waals surface area contributed by atoms with E-state index in [1.165, 1.54) is 0 Å². The highest BCUT2D eigenvalue weighted by atomic mass is 16.6. The van der Waals surface area contributed by atoms with Gasteiger partial charge in [0.2, 0.25) is 5.91 Å². The molecule has 6 rings (SSSR count). The molecule has 3 saturated heterocycles. The number of carbonyl (C=O) groups excluding carboxylic acids is 1. The van der Waals surface area contributed by atoms with Crippen molar-refractivity contribution in [3.05, 3.63) is 82.4 Å². The molecule has 32 heavy (non-hydrogen) atoms. The van der Waals surface area contributed by atoms with E-state index in [0.717, 1.165) is 42.8 Å². The fourth-order valence-corrected chi connectivity index (χ4v) is 5.90. The number of anilines is 1. The molecule has 3 unspecified atom stereocenters. The second-order valence-corrected chi connectivity index (χ2v) is 9.02. The van der Waals surface area contributed by atoms with Crippen molar-refractivity contribution < 1.29 is 9.72 Å². The minimum absolute atomic E-state index is 0.141. The molecule has 0 radical (unpaired) electrons. The van der Waals surface area contributed by atoms with E-state index in [2.05, 4.69) is 14.7 Å². The van der Waals surface area contributed by atoms with Gasteiger partial charge in [0.05, 0.1) is 29.4 Å². The summed E-state index contributed by atoms with van der Waals surface area (Å²) in [5.74, 6) is 0.211. The maximum Gasteiger partial charge on any atom is 0.277 e. The van der Waals surface area contributed by atoms with Gasteiger partial charge < -0.3 is 9.80 Å². The van der Waals surface area contributed by atoms with Gasteiger partial charge in [-0.2, -0.15) is 0 Å². The van der Waals surface area contributed by atoms with E-state index in [4.69, 9.17) is 0 Å². The number of carbonyl (C=O) groups is 1. The molecule has 3 aromatic carbocycles. The maximum absolute atomic E-state index is 13.1. The summed E-state index contributed by atoms with van der Waals surface area (Å²) in [6, 6.07) is 21.9. The number of nitro benzene ring substituents is 1. The molecule has 3 aliphatic rings. The first-order valence-electron chi connectivity index (χ1n) is 11.1. The summed E-state index contributed by atoms with van der Waals surface area (Å²) in [5, 5.41) is 13.1. The van der Waals surface area contributed by atoms with Crippen LogP contribution < -0.4 is 4.90 Å². The Kier molecular flexibility index (Phi) is 4.40. The van der Waals surface area contributed by atoms with Crippen molar-refractivity contribution in [1.29, 1.82) is 0 Å². The predicted octanol–water partition coefficient (Wildman–Crippen LogP) is 3.42. The van der Waals surface area contributed by atoms with E-state index < -0.39 is 0 Å². The zero-order valence-electron chi connectivity index (χ0n) is 17.6. The number of hydrogen-bond donors (Lipinski definition) is 0. The van der Waals surface area contributed by atoms with Crippen molar-refractivity contribution in [3.8, 4) is 0 Å². The van der Waals surface area contributed by atoms with Gasteiger partial charge in [0, 0.05) is 42.3 Å². The quantitative estimate of drug-likeness (QED) is 0.470. The average Bonchev–Trinajstić information content (AvgIpc) is 3.51. The third-order valence-corrected chi connectivity index (χ3v) is 7.34. The van der Waals surface area contributed by atoms with E-state index in [0.29, 0.717) is 23.9 Å². The van der Waals surface area contributed by atoms with Crippen LogP contribution in [0.15, 0.2) is 66.7 Å². The van der Waals surface area contributed by atoms with Crippen LogP contribution in [-0.2, 0) is 11.2 Å². The van der Waals surface area contributed by atoms with E-state index in [1.54, 1.807) is 6.07 Å². The highest BCUT2D eigenvalue weighted by molar-refractivity contribution is 6.00. The smallest absolute Gasteiger partial charge is 0.277 e. The summed E-state index contributed by atoms with van der Waals surface area (Å²) < 4.78 is 0. The largest absolute Gasteiger partial charge is 0.356 e. The van der Waals surface area contributed by atoms with Crippen LogP contribution in [0, 0.1) is 10.1 Å². The molecule has 3 heterocycles. The monoisotopic (exact) mass is 428 g/mol. The Bertz CT molecular complexity index is 1210. The lowest BCUT2D eigenvalue weighted by Gasteiger charge is -2.36. The first-order chi connectivity index (χ1) is 15.6. The lowest BCUT2D eigenvalue weighted by atomic mass is 10.0. The zero-order valence-corrected chi connectivity index (χ0v) is 17.6. The molecule has 3 atom stereocenters. The average molecular weight is 428 g/mol. The standard InChI is InChI=1S/C25H24N4O3/c30-25(12-17-6-2-1-3-7-17)27-14-18-13-23(27)24-15-26(16-28(18)24)21-10-11-22(29(31)32)20-9-5-4-8-19(20)21/h1-11,18,23-24H,12-16H2. The Morgan fingerprint density at radius 1 is 0.938 bits per heavy atom. The van der Waals surface area contributed by atoms with Crippen molar-refractivity contribution in [1.82, 2.24) is 9.80 Å². The Balaban J connectivity index is 1.24. The third kappa shape index (κ3) is 2.96. The van der Waals surface area contributed by atoms with Crippen LogP contribution in [-0.4, -0.2) is 58.5 Å². The van der Waals surface area contributed by atoms with Gasteiger partial charge >= 0.3 is 0 Å². The Morgan fingerprint density at radius 2 is 1.69 bits per heavy atom. The van der Waals surface area contributed by atoms with Gasteiger partial charge in [-0.15, -0.1) is 0 Å². The van der Waals surface area contributed by atoms with Crippen LogP contribution >= 0.6 is 0 Å². The summed E-state index contributed by atoms with van der Waals surface area (Å²) >= 11 is 0. The van der Waals surface area contributed by atoms with E-state index in [1.807, 2.05) is 60.7 Å². The van der Waals surface area contributed by atoms with Crippen LogP contribution in [0.25, 0.3) is 10.8 Å². The van der Waals surface area contributed by atoms with E-state index in [9.17, 15) is 14.9 Å². The number of amides is 1. The van der Waals surface area contributed by atoms with E-state index >= 15 is 0 Å². The van der Waals surface area contributed by atoms with Crippen molar-refractivity contribution in [3.63, 3.8) is 0 Å². The molecule has 3 fully saturated rings. The van der Waals surface area contributed by atoms with Crippen LogP contribution in [0.2, 0.25) is 0 Å². The van der Waals surface area contributed by atoms with Gasteiger partial charge in [-0.25, -0.2) is 0 Å². The predicted molar refractivity (Wildman–Crippen MR) is 122 cm³/mol. The molecule has 0 saturated carbocycles. The Hall–Kier alpha value is -3.45. The van der Waals surface area contributed by atoms with Crippen molar-refractivity contribution in [2.45, 2.75) is 31.0 Å². The van der Waals surface area contributed by atoms with Crippen molar-refractivity contribution >= 4 is 28.1 Å². The molecule has 3 aliphatic heterocycles. The summed E-state index contributed by atoms with van der Waals surface area (Å²) in [7, 11) is 0. The molecule has 0 aliphatic carbocycles. The van der Waals surface area contributed by atoms with E-state index in [-0.39, 0.29) is 22.6 Å². The summed E-state index contributed by atoms with van der Waals surface area (Å²) in [5.41, 5.74) is 2.23. The molecule has 7 heteroatoms. The van der Waals surface area contributed by atoms with Gasteiger partial charge in [-0.1, -0.05) is 48.5 Å². The number of nitrogens with zero attached hydrogens (tertiary/aromatic N) is 4. The number of nitro groups is 1. The minimum atomic E-state index is -0.315. The second kappa shape index (κ2) is 7.31. The first kappa shape index (κ1) is 19.3. The number of non-ortho nitro benzene ring substituents is 1. The van der Waals surface area contributed by atoms with Gasteiger partial charge in [0.25, 0.3) is 5.69 Å². The van der Waals surface area contributed by atoms with Crippen molar-refractivity contribution in [2.24, 2.45) is 0 Å². The molecule has 0 aromatic heterocycles. The highest BCUT2D eigenvalue weighted by Crippen LogP contribution is 2.42. The molecular formula is C25H24N4O3. The SMILES string of the molecule is O=C(Cc1ccccc1)N1CC2CC1C1CN(c3ccc([N+](=O)[O-])c4ccccc34)CN21. The van der Waals surface area contributed by atoms with Gasteiger partial charge in [0.15, 0.2) is 0 Å². The van der Waals surface area contributed by atoms with Crippen LogP contribution in [0.4, 0.5) is 11.4 Å². The van der Waals surface area contributed by atoms with Gasteiger partial charge in [-0.3, -0.25) is 19.8 Å². The third-order valence-electron chi connectivity index (χ3n) is 7.34. The second-order valence-electron chi connectivity index (χ2n) is 9.02. The normalized spacial score (nSPS) is 24.3. The van der Waals surface area contributed by atoms with Gasteiger partial charge in [0.1, 0.15) is 0 Å². The summed E-state index contributed by atoms with van der Waals surface area (Å²) in [6.07, 6.45) is 1.49. The lowest BCUT2D eigenvalue weighted by molar-refractivity contribution is -0.383. The number of rotatable bonds is 4. The van der Waals surface area contributed by atoms with Crippen LogP contribution in [0.3, 0.4) is 0 Å². The molecule has 7 nitrogen and oxygen atoms in total. The Labute approximate surface area is 186 Å². The fraction of sp³-hybridized carbons (Fsp3) is 0.320. The molecule has 2 bridgehead atoms. The molecule has 162 valence electrons. The number of likely N-dealkylation sites (tertiary alicyclic amines) is 1.